The molecule has 1 aromatic carbocycles. The Balaban J connectivity index is 2.46. The number of fused-ring (bicyclic) bond motifs is 1. The standard InChI is InChI=1S/C14H11F3N2O4/c1-6(13(22)23)19-12(21)9-5-18-10-4-7(14(15,16)17)2-3-8(10)11(9)20/h2-6H,1H3,(H,18,20)(H,19,21)(H,22,23)/t6-/m1/s1. The minimum absolute atomic E-state index is 0.0762. The Bertz CT molecular complexity index is 842. The fourth-order valence-electron chi connectivity index (χ4n) is 1.90. The number of nitrogens with one attached hydrogen (secondary N) is 2. The van der Waals surface area contributed by atoms with Gasteiger partial charge in [0.15, 0.2) is 0 Å². The van der Waals surface area contributed by atoms with Crippen LogP contribution in [0.4, 0.5) is 13.2 Å². The molecular formula is C14H11F3N2O4. The number of pyridine rings is 1. The number of benzene rings is 1. The topological polar surface area (TPSA) is 99.3 Å². The maximum atomic E-state index is 12.6. The van der Waals surface area contributed by atoms with Crippen LogP contribution in [0.15, 0.2) is 29.2 Å². The number of aliphatic carboxylic acids is 1. The van der Waals surface area contributed by atoms with E-state index in [4.69, 9.17) is 5.11 Å². The van der Waals surface area contributed by atoms with E-state index in [0.29, 0.717) is 0 Å². The first-order valence-corrected chi connectivity index (χ1v) is 6.37. The van der Waals surface area contributed by atoms with Crippen LogP contribution in [-0.2, 0) is 11.0 Å². The van der Waals surface area contributed by atoms with Crippen LogP contribution in [-0.4, -0.2) is 28.0 Å². The number of carboxylic acid groups (broad SMARTS) is 1. The monoisotopic (exact) mass is 328 g/mol. The molecule has 1 amide bonds. The number of aromatic amines is 1. The lowest BCUT2D eigenvalue weighted by Gasteiger charge is -2.10. The van der Waals surface area contributed by atoms with Crippen LogP contribution in [0.2, 0.25) is 0 Å². The van der Waals surface area contributed by atoms with Crippen LogP contribution in [0, 0.1) is 0 Å². The number of carboxylic acids is 1. The number of carbonyl (C=O) groups excluding carboxylic acids is 1. The molecule has 9 heteroatoms. The van der Waals surface area contributed by atoms with Gasteiger partial charge >= 0.3 is 12.1 Å². The fourth-order valence-corrected chi connectivity index (χ4v) is 1.90. The van der Waals surface area contributed by atoms with Crippen LogP contribution >= 0.6 is 0 Å². The van der Waals surface area contributed by atoms with Crippen molar-refractivity contribution in [3.8, 4) is 0 Å². The number of carbonyl (C=O) groups is 2. The summed E-state index contributed by atoms with van der Waals surface area (Å²) in [6, 6.07) is 1.25. The summed E-state index contributed by atoms with van der Waals surface area (Å²) in [6.45, 7) is 1.21. The summed E-state index contributed by atoms with van der Waals surface area (Å²) in [5, 5.41) is 10.7. The average molecular weight is 328 g/mol. The second-order valence-electron chi connectivity index (χ2n) is 4.82. The van der Waals surface area contributed by atoms with Crippen LogP contribution in [0.5, 0.6) is 0 Å². The Kier molecular flexibility index (Phi) is 4.13. The number of hydrogen-bond acceptors (Lipinski definition) is 3. The van der Waals surface area contributed by atoms with E-state index >= 15 is 0 Å². The molecule has 1 aromatic heterocycles. The van der Waals surface area contributed by atoms with Crippen molar-refractivity contribution in [2.24, 2.45) is 0 Å². The third-order valence-corrected chi connectivity index (χ3v) is 3.17. The number of alkyl halides is 3. The highest BCUT2D eigenvalue weighted by atomic mass is 19.4. The lowest BCUT2D eigenvalue weighted by molar-refractivity contribution is -0.139. The first-order valence-electron chi connectivity index (χ1n) is 6.37. The van der Waals surface area contributed by atoms with Crippen LogP contribution in [0.3, 0.4) is 0 Å². The van der Waals surface area contributed by atoms with Crippen LogP contribution in [0.25, 0.3) is 10.9 Å². The average Bonchev–Trinajstić information content (AvgIpc) is 2.45. The highest BCUT2D eigenvalue weighted by molar-refractivity contribution is 5.98. The molecule has 3 N–H and O–H groups in total. The summed E-state index contributed by atoms with van der Waals surface area (Å²) in [4.78, 5) is 37.2. The number of aromatic nitrogens is 1. The second-order valence-corrected chi connectivity index (χ2v) is 4.82. The summed E-state index contributed by atoms with van der Waals surface area (Å²) >= 11 is 0. The third-order valence-electron chi connectivity index (χ3n) is 3.17. The Morgan fingerprint density at radius 1 is 1.30 bits per heavy atom. The molecule has 0 spiro atoms. The maximum absolute atomic E-state index is 12.6. The molecule has 0 unspecified atom stereocenters. The van der Waals surface area contributed by atoms with Gasteiger partial charge in [-0.2, -0.15) is 13.2 Å². The molecule has 1 atom stereocenters. The van der Waals surface area contributed by atoms with Crippen molar-refractivity contribution in [3.05, 3.63) is 45.7 Å². The van der Waals surface area contributed by atoms with E-state index in [1.54, 1.807) is 0 Å². The van der Waals surface area contributed by atoms with Gasteiger partial charge in [-0.05, 0) is 25.1 Å². The van der Waals surface area contributed by atoms with Gasteiger partial charge in [0, 0.05) is 17.1 Å². The SMILES string of the molecule is C[C@@H](NC(=O)c1c[nH]c2cc(C(F)(F)F)ccc2c1=O)C(=O)O. The first kappa shape index (κ1) is 16.5. The highest BCUT2D eigenvalue weighted by Gasteiger charge is 2.30. The molecule has 2 rings (SSSR count). The molecule has 0 saturated carbocycles. The van der Waals surface area contributed by atoms with Crippen molar-refractivity contribution >= 4 is 22.8 Å². The number of halogens is 3. The normalized spacial score (nSPS) is 12.9. The van der Waals surface area contributed by atoms with E-state index < -0.39 is 35.1 Å². The molecule has 0 bridgehead atoms. The number of rotatable bonds is 3. The Morgan fingerprint density at radius 3 is 2.52 bits per heavy atom. The van der Waals surface area contributed by atoms with Crippen molar-refractivity contribution in [2.75, 3.05) is 0 Å². The quantitative estimate of drug-likeness (QED) is 0.799. The number of hydrogen-bond donors (Lipinski definition) is 3. The lowest BCUT2D eigenvalue weighted by Crippen LogP contribution is -2.40. The highest BCUT2D eigenvalue weighted by Crippen LogP contribution is 2.30. The van der Waals surface area contributed by atoms with Crippen molar-refractivity contribution < 1.29 is 27.9 Å². The van der Waals surface area contributed by atoms with Gasteiger partial charge in [0.25, 0.3) is 5.91 Å². The summed E-state index contributed by atoms with van der Waals surface area (Å²) in [5.74, 6) is -2.21. The van der Waals surface area contributed by atoms with Gasteiger partial charge in [0.1, 0.15) is 11.6 Å². The van der Waals surface area contributed by atoms with Gasteiger partial charge in [-0.1, -0.05) is 0 Å². The summed E-state index contributed by atoms with van der Waals surface area (Å²) in [6.07, 6.45) is -3.60. The molecule has 1 heterocycles. The zero-order valence-corrected chi connectivity index (χ0v) is 11.7. The molecule has 0 aliphatic rings. The first-order chi connectivity index (χ1) is 10.6. The third kappa shape index (κ3) is 3.33. The van der Waals surface area contributed by atoms with E-state index in [0.717, 1.165) is 24.4 Å². The van der Waals surface area contributed by atoms with E-state index in [1.807, 2.05) is 0 Å². The van der Waals surface area contributed by atoms with Gasteiger partial charge in [-0.25, -0.2) is 0 Å². The zero-order valence-electron chi connectivity index (χ0n) is 11.7. The molecular weight excluding hydrogens is 317 g/mol. The van der Waals surface area contributed by atoms with Crippen molar-refractivity contribution in [2.45, 2.75) is 19.1 Å². The van der Waals surface area contributed by atoms with Gasteiger partial charge in [0.2, 0.25) is 5.43 Å². The van der Waals surface area contributed by atoms with Gasteiger partial charge in [-0.15, -0.1) is 0 Å². The van der Waals surface area contributed by atoms with Gasteiger partial charge in [-0.3, -0.25) is 14.4 Å². The largest absolute Gasteiger partial charge is 0.480 e. The minimum Gasteiger partial charge on any atom is -0.480 e. The molecule has 2 aromatic rings. The summed E-state index contributed by atoms with van der Waals surface area (Å²) < 4.78 is 37.9. The van der Waals surface area contributed by atoms with Crippen molar-refractivity contribution in [1.82, 2.24) is 10.3 Å². The maximum Gasteiger partial charge on any atom is 0.416 e. The molecule has 0 radical (unpaired) electrons. The number of amides is 1. The molecule has 23 heavy (non-hydrogen) atoms. The predicted octanol–water partition coefficient (Wildman–Crippen LogP) is 1.75. The molecule has 122 valence electrons. The summed E-state index contributed by atoms with van der Waals surface area (Å²) in [7, 11) is 0. The molecule has 0 saturated heterocycles. The molecule has 0 fully saturated rings. The Hall–Kier alpha value is -2.84. The fraction of sp³-hybridized carbons (Fsp3) is 0.214. The minimum atomic E-state index is -4.56. The molecule has 0 aliphatic carbocycles. The summed E-state index contributed by atoms with van der Waals surface area (Å²) in [5.41, 5.74) is -2.18. The van der Waals surface area contributed by atoms with E-state index in [1.165, 1.54) is 6.92 Å². The Labute approximate surface area is 126 Å². The van der Waals surface area contributed by atoms with Crippen LogP contribution < -0.4 is 10.7 Å². The van der Waals surface area contributed by atoms with Crippen molar-refractivity contribution in [1.29, 1.82) is 0 Å². The van der Waals surface area contributed by atoms with Crippen molar-refractivity contribution in [3.63, 3.8) is 0 Å². The lowest BCUT2D eigenvalue weighted by atomic mass is 10.1. The Morgan fingerprint density at radius 2 is 1.96 bits per heavy atom. The number of H-pyrrole nitrogens is 1. The van der Waals surface area contributed by atoms with E-state index in [-0.39, 0.29) is 16.5 Å². The van der Waals surface area contributed by atoms with E-state index in [2.05, 4.69) is 10.3 Å². The zero-order chi connectivity index (χ0) is 17.4. The van der Waals surface area contributed by atoms with Crippen LogP contribution in [0.1, 0.15) is 22.8 Å². The smallest absolute Gasteiger partial charge is 0.416 e. The van der Waals surface area contributed by atoms with Gasteiger partial charge < -0.3 is 15.4 Å². The van der Waals surface area contributed by atoms with E-state index in [9.17, 15) is 27.6 Å². The molecule has 0 aliphatic heterocycles. The predicted molar refractivity (Wildman–Crippen MR) is 74.1 cm³/mol. The van der Waals surface area contributed by atoms with Gasteiger partial charge in [0.05, 0.1) is 5.56 Å². The second kappa shape index (κ2) is 5.75. The molecule has 6 nitrogen and oxygen atoms in total.